The molecule has 20 heavy (non-hydrogen) atoms. The molecule has 1 aromatic rings. The highest BCUT2D eigenvalue weighted by Crippen LogP contribution is 2.42. The maximum Gasteiger partial charge on any atom is 0.238 e. The highest BCUT2D eigenvalue weighted by molar-refractivity contribution is 6.22. The number of fused-ring (bicyclic) bond motifs is 1. The van der Waals surface area contributed by atoms with Gasteiger partial charge >= 0.3 is 0 Å². The van der Waals surface area contributed by atoms with Crippen LogP contribution in [0.2, 0.25) is 0 Å². The monoisotopic (exact) mass is 271 g/mol. The number of imide groups is 1. The van der Waals surface area contributed by atoms with Crippen molar-refractivity contribution in [1.29, 1.82) is 0 Å². The summed E-state index contributed by atoms with van der Waals surface area (Å²) in [6.07, 6.45) is 1.33. The van der Waals surface area contributed by atoms with E-state index in [1.807, 2.05) is 13.8 Å². The van der Waals surface area contributed by atoms with E-state index < -0.39 is 0 Å². The third kappa shape index (κ3) is 1.83. The lowest BCUT2D eigenvalue weighted by molar-refractivity contribution is -0.122. The first-order chi connectivity index (χ1) is 9.49. The van der Waals surface area contributed by atoms with Gasteiger partial charge in [0.2, 0.25) is 11.8 Å². The minimum Gasteiger partial charge on any atom is -0.508 e. The zero-order chi connectivity index (χ0) is 14.4. The van der Waals surface area contributed by atoms with E-state index in [4.69, 9.17) is 0 Å². The number of carbonyl (C=O) groups is 2. The zero-order valence-corrected chi connectivity index (χ0v) is 11.6. The highest BCUT2D eigenvalue weighted by Gasteiger charge is 2.49. The van der Waals surface area contributed by atoms with Crippen molar-refractivity contribution in [3.05, 3.63) is 35.4 Å². The smallest absolute Gasteiger partial charge is 0.238 e. The molecule has 4 heteroatoms. The minimum atomic E-state index is -0.242. The maximum atomic E-state index is 12.5. The lowest BCUT2D eigenvalue weighted by atomic mass is 9.78. The first kappa shape index (κ1) is 12.9. The molecular weight excluding hydrogens is 254 g/mol. The van der Waals surface area contributed by atoms with Crippen molar-refractivity contribution in [2.45, 2.75) is 26.7 Å². The second-order valence-corrected chi connectivity index (χ2v) is 5.71. The highest BCUT2D eigenvalue weighted by atomic mass is 16.3. The van der Waals surface area contributed by atoms with Gasteiger partial charge in [0.25, 0.3) is 0 Å². The number of hydrogen-bond acceptors (Lipinski definition) is 3. The van der Waals surface area contributed by atoms with Gasteiger partial charge in [-0.3, -0.25) is 9.59 Å². The first-order valence-electron chi connectivity index (χ1n) is 6.81. The molecule has 1 aliphatic heterocycles. The Morgan fingerprint density at radius 1 is 1.05 bits per heavy atom. The first-order valence-corrected chi connectivity index (χ1v) is 6.81. The van der Waals surface area contributed by atoms with Gasteiger partial charge in [0, 0.05) is 6.07 Å². The second kappa shape index (κ2) is 4.47. The summed E-state index contributed by atoms with van der Waals surface area (Å²) in [7, 11) is 0. The van der Waals surface area contributed by atoms with Gasteiger partial charge in [-0.05, 0) is 38.8 Å². The molecule has 0 bridgehead atoms. The molecule has 0 aromatic heterocycles. The Bertz CT molecular complexity index is 600. The Hall–Kier alpha value is -2.10. The van der Waals surface area contributed by atoms with Gasteiger partial charge in [0.1, 0.15) is 5.75 Å². The molecule has 1 saturated heterocycles. The van der Waals surface area contributed by atoms with Gasteiger partial charge in [-0.25, -0.2) is 4.90 Å². The maximum absolute atomic E-state index is 12.5. The Kier molecular flexibility index (Phi) is 2.89. The number of hydrogen-bond donors (Lipinski definition) is 1. The van der Waals surface area contributed by atoms with Crippen molar-refractivity contribution in [2.24, 2.45) is 11.8 Å². The average molecular weight is 271 g/mol. The molecule has 1 heterocycles. The number of nitrogens with zero attached hydrogens (tertiary/aromatic N) is 1. The van der Waals surface area contributed by atoms with Crippen LogP contribution in [0.15, 0.2) is 35.4 Å². The van der Waals surface area contributed by atoms with Crippen LogP contribution < -0.4 is 4.90 Å². The Balaban J connectivity index is 1.98. The summed E-state index contributed by atoms with van der Waals surface area (Å²) in [4.78, 5) is 26.3. The van der Waals surface area contributed by atoms with Crippen LogP contribution in [-0.2, 0) is 9.59 Å². The Morgan fingerprint density at radius 3 is 2.10 bits per heavy atom. The van der Waals surface area contributed by atoms with Crippen molar-refractivity contribution >= 4 is 17.5 Å². The van der Waals surface area contributed by atoms with E-state index in [0.717, 1.165) is 0 Å². The average Bonchev–Trinajstić information content (AvgIpc) is 2.63. The molecule has 1 aromatic carbocycles. The van der Waals surface area contributed by atoms with Crippen molar-refractivity contribution in [3.63, 3.8) is 0 Å². The fraction of sp³-hybridized carbons (Fsp3) is 0.375. The topological polar surface area (TPSA) is 57.6 Å². The summed E-state index contributed by atoms with van der Waals surface area (Å²) in [6, 6.07) is 6.31. The van der Waals surface area contributed by atoms with Gasteiger partial charge in [0.05, 0.1) is 17.5 Å². The van der Waals surface area contributed by atoms with E-state index >= 15 is 0 Å². The molecule has 0 radical (unpaired) electrons. The summed E-state index contributed by atoms with van der Waals surface area (Å²) in [5, 5.41) is 9.53. The van der Waals surface area contributed by atoms with Gasteiger partial charge in [-0.15, -0.1) is 0 Å². The van der Waals surface area contributed by atoms with Crippen molar-refractivity contribution < 1.29 is 14.7 Å². The number of aromatic hydroxyl groups is 1. The standard InChI is InChI=1S/C16H17NO3/c1-9-6-13-14(7-10(9)2)16(20)17(15(13)19)11-4-3-5-12(18)8-11/h3-5,8,13-14,18H,6-7H2,1-2H3. The van der Waals surface area contributed by atoms with Crippen molar-refractivity contribution in [3.8, 4) is 5.75 Å². The van der Waals surface area contributed by atoms with E-state index in [9.17, 15) is 14.7 Å². The predicted octanol–water partition coefficient (Wildman–Crippen LogP) is 2.63. The third-order valence-corrected chi connectivity index (χ3v) is 4.43. The molecule has 104 valence electrons. The van der Waals surface area contributed by atoms with Crippen LogP contribution in [0, 0.1) is 11.8 Å². The van der Waals surface area contributed by atoms with Gasteiger partial charge < -0.3 is 5.11 Å². The van der Waals surface area contributed by atoms with E-state index in [1.165, 1.54) is 28.2 Å². The fourth-order valence-corrected chi connectivity index (χ4v) is 3.14. The molecular formula is C16H17NO3. The summed E-state index contributed by atoms with van der Waals surface area (Å²) in [5.74, 6) is -0.708. The third-order valence-electron chi connectivity index (χ3n) is 4.43. The molecule has 3 rings (SSSR count). The molecule has 2 unspecified atom stereocenters. The van der Waals surface area contributed by atoms with Gasteiger partial charge in [-0.2, -0.15) is 0 Å². The zero-order valence-electron chi connectivity index (χ0n) is 11.6. The summed E-state index contributed by atoms with van der Waals surface area (Å²) >= 11 is 0. The van der Waals surface area contributed by atoms with Crippen LogP contribution in [0.3, 0.4) is 0 Å². The normalized spacial score (nSPS) is 26.2. The Labute approximate surface area is 117 Å². The van der Waals surface area contributed by atoms with Crippen LogP contribution in [0.1, 0.15) is 26.7 Å². The van der Waals surface area contributed by atoms with Crippen LogP contribution in [-0.4, -0.2) is 16.9 Å². The number of carbonyl (C=O) groups excluding carboxylic acids is 2. The second-order valence-electron chi connectivity index (χ2n) is 5.71. The molecule has 4 nitrogen and oxygen atoms in total. The van der Waals surface area contributed by atoms with Crippen molar-refractivity contribution in [2.75, 3.05) is 4.90 Å². The molecule has 2 aliphatic rings. The lowest BCUT2D eigenvalue weighted by Gasteiger charge is -2.23. The van der Waals surface area contributed by atoms with Crippen LogP contribution >= 0.6 is 0 Å². The van der Waals surface area contributed by atoms with Gasteiger partial charge in [0.15, 0.2) is 0 Å². The number of benzene rings is 1. The number of amides is 2. The van der Waals surface area contributed by atoms with Crippen LogP contribution in [0.5, 0.6) is 5.75 Å². The fourth-order valence-electron chi connectivity index (χ4n) is 3.14. The van der Waals surface area contributed by atoms with Crippen LogP contribution in [0.25, 0.3) is 0 Å². The molecule has 0 saturated carbocycles. The molecule has 1 aliphatic carbocycles. The number of anilines is 1. The van der Waals surface area contributed by atoms with E-state index in [1.54, 1.807) is 12.1 Å². The van der Waals surface area contributed by atoms with E-state index in [0.29, 0.717) is 18.5 Å². The number of phenols is 1. The summed E-state index contributed by atoms with van der Waals surface area (Å²) < 4.78 is 0. The number of phenolic OH excluding ortho intramolecular Hbond substituents is 1. The summed E-state index contributed by atoms with van der Waals surface area (Å²) in [5.41, 5.74) is 2.89. The van der Waals surface area contributed by atoms with Gasteiger partial charge in [-0.1, -0.05) is 17.2 Å². The molecule has 1 N–H and O–H groups in total. The number of rotatable bonds is 1. The lowest BCUT2D eigenvalue weighted by Crippen LogP contribution is -2.30. The predicted molar refractivity (Wildman–Crippen MR) is 75.2 cm³/mol. The quantitative estimate of drug-likeness (QED) is 0.631. The van der Waals surface area contributed by atoms with Crippen molar-refractivity contribution in [1.82, 2.24) is 0 Å². The van der Waals surface area contributed by atoms with E-state index in [-0.39, 0.29) is 29.4 Å². The largest absolute Gasteiger partial charge is 0.508 e. The summed E-state index contributed by atoms with van der Waals surface area (Å²) in [6.45, 7) is 4.06. The number of allylic oxidation sites excluding steroid dienone is 2. The SMILES string of the molecule is CC1=C(C)CC2C(=O)N(c3cccc(O)c3)C(=O)C2C1. The molecule has 2 atom stereocenters. The van der Waals surface area contributed by atoms with E-state index in [2.05, 4.69) is 0 Å². The minimum absolute atomic E-state index is 0.0588. The van der Waals surface area contributed by atoms with Crippen LogP contribution in [0.4, 0.5) is 5.69 Å². The molecule has 2 amide bonds. The molecule has 1 fully saturated rings. The molecule has 0 spiro atoms. The Morgan fingerprint density at radius 2 is 1.60 bits per heavy atom.